The molecule has 9 heteroatoms. The van der Waals surface area contributed by atoms with E-state index in [1.54, 1.807) is 0 Å². The molecule has 6 aliphatic carbocycles. The Balaban J connectivity index is 0.000000142. The number of aliphatic carboxylic acids is 1. The number of esters is 3. The van der Waals surface area contributed by atoms with E-state index in [0.717, 1.165) is 57.8 Å². The normalized spacial score (nSPS) is 43.2. The molecule has 1 heterocycles. The Hall–Kier alpha value is -2.42. The van der Waals surface area contributed by atoms with Gasteiger partial charge in [0, 0.05) is 11.8 Å². The second-order valence-corrected chi connectivity index (χ2v) is 13.5. The number of aliphatic hydroxyl groups is 1. The number of carboxylic acid groups (broad SMARTS) is 1. The van der Waals surface area contributed by atoms with E-state index >= 15 is 0 Å². The molecule has 0 radical (unpaired) electrons. The molecule has 214 valence electrons. The van der Waals surface area contributed by atoms with Crippen molar-refractivity contribution in [2.24, 2.45) is 47.3 Å². The molecule has 4 bridgehead atoms. The van der Waals surface area contributed by atoms with Crippen molar-refractivity contribution in [3.63, 3.8) is 0 Å². The van der Waals surface area contributed by atoms with Gasteiger partial charge in [-0.25, -0.2) is 0 Å². The molecule has 1 aliphatic heterocycles. The Bertz CT molecular complexity index is 1070. The predicted molar refractivity (Wildman–Crippen MR) is 136 cm³/mol. The van der Waals surface area contributed by atoms with E-state index in [1.165, 1.54) is 0 Å². The van der Waals surface area contributed by atoms with Gasteiger partial charge in [0.2, 0.25) is 0 Å². The van der Waals surface area contributed by atoms with Crippen LogP contribution in [0, 0.1) is 47.3 Å². The second kappa shape index (κ2) is 9.60. The molecule has 6 fully saturated rings. The molecule has 5 saturated carbocycles. The fraction of sp³-hybridized carbons (Fsp3) is 0.800. The second-order valence-electron chi connectivity index (χ2n) is 13.5. The summed E-state index contributed by atoms with van der Waals surface area (Å²) < 4.78 is 16.6. The number of allylic oxidation sites excluding steroid dienone is 2. The number of aliphatic hydroxyl groups excluding tert-OH is 1. The smallest absolute Gasteiger partial charge is 0.310 e. The number of hydrogen-bond acceptors (Lipinski definition) is 8. The highest BCUT2D eigenvalue weighted by molar-refractivity contribution is 5.86. The third kappa shape index (κ3) is 4.49. The van der Waals surface area contributed by atoms with Crippen molar-refractivity contribution in [2.75, 3.05) is 0 Å². The number of ether oxygens (including phenoxy) is 3. The van der Waals surface area contributed by atoms with E-state index in [-0.39, 0.29) is 64.8 Å². The standard InChI is InChI=1S/C15H20O5.C15H20O4/c1-15(4-2-3-5-15)20-14(18)9-7-6-8-10(9)13(17)19-12(8)11(7)16;1-15(6-2-3-7-15)19-14(18)12-10-5-4-9(8-10)11(12)13(16)17/h7-12,16H,2-6H2,1H3;4-5,9-12H,2-3,6-8H2,1H3,(H,16,17). The quantitative estimate of drug-likeness (QED) is 0.303. The zero-order valence-electron chi connectivity index (χ0n) is 22.8. The molecule has 0 amide bonds. The Morgan fingerprint density at radius 1 is 0.821 bits per heavy atom. The zero-order chi connectivity index (χ0) is 27.7. The van der Waals surface area contributed by atoms with Crippen LogP contribution in [0.3, 0.4) is 0 Å². The molecule has 0 aromatic heterocycles. The average molecular weight is 545 g/mol. The summed E-state index contributed by atoms with van der Waals surface area (Å²) >= 11 is 0. The highest BCUT2D eigenvalue weighted by Crippen LogP contribution is 2.58. The first-order chi connectivity index (χ1) is 18.5. The van der Waals surface area contributed by atoms with E-state index in [9.17, 15) is 29.4 Å². The fourth-order valence-electron chi connectivity index (χ4n) is 8.89. The summed E-state index contributed by atoms with van der Waals surface area (Å²) in [5.74, 6) is -3.83. The summed E-state index contributed by atoms with van der Waals surface area (Å²) in [6.07, 6.45) is 12.3. The maximum Gasteiger partial charge on any atom is 0.310 e. The summed E-state index contributed by atoms with van der Waals surface area (Å²) in [6.45, 7) is 3.94. The summed E-state index contributed by atoms with van der Waals surface area (Å²) in [7, 11) is 0. The van der Waals surface area contributed by atoms with Gasteiger partial charge < -0.3 is 24.4 Å². The molecule has 2 N–H and O–H groups in total. The Labute approximate surface area is 228 Å². The minimum Gasteiger partial charge on any atom is -0.481 e. The van der Waals surface area contributed by atoms with Crippen molar-refractivity contribution in [3.8, 4) is 0 Å². The summed E-state index contributed by atoms with van der Waals surface area (Å²) in [5, 5.41) is 19.5. The highest BCUT2D eigenvalue weighted by atomic mass is 16.6. The lowest BCUT2D eigenvalue weighted by molar-refractivity contribution is -0.169. The minimum absolute atomic E-state index is 0.0106. The third-order valence-corrected chi connectivity index (χ3v) is 10.9. The molecule has 0 aromatic carbocycles. The molecule has 1 saturated heterocycles. The number of fused-ring (bicyclic) bond motifs is 3. The molecular weight excluding hydrogens is 504 g/mol. The molecule has 7 aliphatic rings. The first-order valence-electron chi connectivity index (χ1n) is 14.8. The van der Waals surface area contributed by atoms with Crippen molar-refractivity contribution in [2.45, 2.75) is 101 Å². The number of carbonyl (C=O) groups is 4. The van der Waals surface area contributed by atoms with Crippen LogP contribution in [-0.4, -0.2) is 57.5 Å². The van der Waals surface area contributed by atoms with Crippen LogP contribution >= 0.6 is 0 Å². The number of carboxylic acids is 1. The van der Waals surface area contributed by atoms with E-state index in [2.05, 4.69) is 0 Å². The van der Waals surface area contributed by atoms with Gasteiger partial charge in [0.1, 0.15) is 17.3 Å². The van der Waals surface area contributed by atoms with Gasteiger partial charge in [-0.3, -0.25) is 19.2 Å². The number of hydrogen-bond donors (Lipinski definition) is 2. The van der Waals surface area contributed by atoms with E-state index in [1.807, 2.05) is 26.0 Å². The summed E-state index contributed by atoms with van der Waals surface area (Å²) in [6, 6.07) is 0. The Morgan fingerprint density at radius 3 is 1.87 bits per heavy atom. The Morgan fingerprint density at radius 2 is 1.33 bits per heavy atom. The first kappa shape index (κ1) is 26.8. The van der Waals surface area contributed by atoms with Crippen LogP contribution < -0.4 is 0 Å². The van der Waals surface area contributed by atoms with Gasteiger partial charge in [0.25, 0.3) is 0 Å². The molecule has 10 unspecified atom stereocenters. The van der Waals surface area contributed by atoms with Crippen molar-refractivity contribution in [3.05, 3.63) is 12.2 Å². The van der Waals surface area contributed by atoms with Crippen LogP contribution in [0.1, 0.15) is 78.1 Å². The Kier molecular flexibility index (Phi) is 6.59. The van der Waals surface area contributed by atoms with E-state index in [4.69, 9.17) is 14.2 Å². The van der Waals surface area contributed by atoms with Crippen molar-refractivity contribution in [1.82, 2.24) is 0 Å². The molecule has 0 aromatic rings. The predicted octanol–water partition coefficient (Wildman–Crippen LogP) is 3.42. The van der Waals surface area contributed by atoms with Gasteiger partial charge in [-0.15, -0.1) is 0 Å². The molecular formula is C30H40O9. The summed E-state index contributed by atoms with van der Waals surface area (Å²) in [4.78, 5) is 48.2. The van der Waals surface area contributed by atoms with Crippen molar-refractivity contribution in [1.29, 1.82) is 0 Å². The molecule has 7 rings (SSSR count). The fourth-order valence-corrected chi connectivity index (χ4v) is 8.89. The van der Waals surface area contributed by atoms with Crippen molar-refractivity contribution >= 4 is 23.9 Å². The van der Waals surface area contributed by atoms with E-state index < -0.39 is 29.8 Å². The van der Waals surface area contributed by atoms with Gasteiger partial charge in [-0.05, 0) is 89.9 Å². The lowest BCUT2D eigenvalue weighted by Gasteiger charge is -2.31. The van der Waals surface area contributed by atoms with Gasteiger partial charge in [-0.1, -0.05) is 12.2 Å². The minimum atomic E-state index is -0.865. The van der Waals surface area contributed by atoms with Gasteiger partial charge in [0.05, 0.1) is 29.8 Å². The number of rotatable bonds is 5. The van der Waals surface area contributed by atoms with Crippen LogP contribution in [0.4, 0.5) is 0 Å². The van der Waals surface area contributed by atoms with Gasteiger partial charge in [-0.2, -0.15) is 0 Å². The largest absolute Gasteiger partial charge is 0.481 e. The monoisotopic (exact) mass is 544 g/mol. The van der Waals surface area contributed by atoms with Crippen LogP contribution in [0.15, 0.2) is 12.2 Å². The average Bonchev–Trinajstić information content (AvgIpc) is 3.70. The lowest BCUT2D eigenvalue weighted by Crippen LogP contribution is -2.43. The van der Waals surface area contributed by atoms with Crippen molar-refractivity contribution < 1.29 is 43.6 Å². The van der Waals surface area contributed by atoms with E-state index in [0.29, 0.717) is 6.42 Å². The van der Waals surface area contributed by atoms with Crippen LogP contribution in [-0.2, 0) is 33.4 Å². The molecule has 9 nitrogen and oxygen atoms in total. The number of carbonyl (C=O) groups excluding carboxylic acids is 3. The van der Waals surface area contributed by atoms with Gasteiger partial charge in [0.15, 0.2) is 0 Å². The zero-order valence-corrected chi connectivity index (χ0v) is 22.8. The maximum atomic E-state index is 12.5. The SMILES string of the molecule is CC1(OC(=O)C2C3C=CC(C3)C2C(=O)O)CCCC1.CC1(OC(=O)C2C3CC4C(OC(=O)C42)C3O)CCCC1. The molecule has 0 spiro atoms. The molecule has 10 atom stereocenters. The van der Waals surface area contributed by atoms with Crippen LogP contribution in [0.5, 0.6) is 0 Å². The molecule has 39 heavy (non-hydrogen) atoms. The van der Waals surface area contributed by atoms with Gasteiger partial charge >= 0.3 is 23.9 Å². The first-order valence-corrected chi connectivity index (χ1v) is 14.8. The van der Waals surface area contributed by atoms with Crippen LogP contribution in [0.25, 0.3) is 0 Å². The highest BCUT2D eigenvalue weighted by Gasteiger charge is 2.69. The van der Waals surface area contributed by atoms with Crippen LogP contribution in [0.2, 0.25) is 0 Å². The maximum absolute atomic E-state index is 12.5. The lowest BCUT2D eigenvalue weighted by atomic mass is 9.78. The topological polar surface area (TPSA) is 136 Å². The summed E-state index contributed by atoms with van der Waals surface area (Å²) in [5.41, 5.74) is -0.753. The third-order valence-electron chi connectivity index (χ3n) is 10.9.